The van der Waals surface area contributed by atoms with Crippen molar-refractivity contribution in [2.45, 2.75) is 13.0 Å². The van der Waals surface area contributed by atoms with Gasteiger partial charge < -0.3 is 30.3 Å². The van der Waals surface area contributed by atoms with E-state index in [0.717, 1.165) is 6.92 Å². The fraction of sp³-hybridized carbons (Fsp3) is 0.667. The monoisotopic (exact) mass is 258 g/mol. The molecule has 0 bridgehead atoms. The van der Waals surface area contributed by atoms with Crippen molar-refractivity contribution in [1.82, 2.24) is 0 Å². The molecular formula is C3H5AgNO6-2. The predicted octanol–water partition coefficient (Wildman–Crippen LogP) is -2.12. The molecule has 0 aliphatic heterocycles. The van der Waals surface area contributed by atoms with Gasteiger partial charge in [0.05, 0.1) is 17.2 Å². The van der Waals surface area contributed by atoms with Gasteiger partial charge in [-0.25, -0.2) is 0 Å². The molecule has 0 spiro atoms. The van der Waals surface area contributed by atoms with Crippen LogP contribution in [0.15, 0.2) is 0 Å². The molecule has 0 aromatic carbocycles. The fourth-order valence-electron chi connectivity index (χ4n) is 0. The number of hydrogen-bond acceptors (Lipinski definition) is 6. The third-order valence-electron chi connectivity index (χ3n) is 0.341. The Bertz CT molecular complexity index is 121. The average molecular weight is 259 g/mol. The van der Waals surface area contributed by atoms with Crippen LogP contribution in [0.1, 0.15) is 6.92 Å². The Morgan fingerprint density at radius 1 is 1.55 bits per heavy atom. The van der Waals surface area contributed by atoms with E-state index in [0.29, 0.717) is 0 Å². The van der Waals surface area contributed by atoms with Crippen LogP contribution in [-0.2, 0) is 27.2 Å². The van der Waals surface area contributed by atoms with Crippen LogP contribution in [0.25, 0.3) is 0 Å². The van der Waals surface area contributed by atoms with Gasteiger partial charge in [-0.05, 0) is 6.92 Å². The number of carboxylic acid groups (broad SMARTS) is 1. The van der Waals surface area contributed by atoms with Crippen molar-refractivity contribution in [2.24, 2.45) is 0 Å². The van der Waals surface area contributed by atoms with E-state index in [9.17, 15) is 9.90 Å². The van der Waals surface area contributed by atoms with Gasteiger partial charge in [-0.1, -0.05) is 0 Å². The molecule has 0 aliphatic carbocycles. The molecule has 7 nitrogen and oxygen atoms in total. The standard InChI is InChI=1S/C3H6O3.Ag.NO3/c1-2(4)3(5)6;;2-1(3)4/h2,4H,1H3,(H,5,6);;/q;;-1/p-1. The van der Waals surface area contributed by atoms with E-state index in [1.54, 1.807) is 0 Å². The van der Waals surface area contributed by atoms with Gasteiger partial charge in [0.1, 0.15) is 0 Å². The number of carboxylic acids is 1. The van der Waals surface area contributed by atoms with E-state index in [-0.39, 0.29) is 22.4 Å². The Labute approximate surface area is 77.3 Å². The minimum absolute atomic E-state index is 0. The maximum Gasteiger partial charge on any atom is 0.0905 e. The Kier molecular flexibility index (Phi) is 14.3. The van der Waals surface area contributed by atoms with Crippen molar-refractivity contribution in [3.8, 4) is 0 Å². The van der Waals surface area contributed by atoms with Crippen LogP contribution in [0, 0.1) is 15.3 Å². The molecule has 0 aromatic rings. The predicted molar refractivity (Wildman–Crippen MR) is 27.0 cm³/mol. The van der Waals surface area contributed by atoms with E-state index >= 15 is 0 Å². The van der Waals surface area contributed by atoms with E-state index in [1.165, 1.54) is 0 Å². The molecule has 1 N–H and O–H groups in total. The Hall–Kier alpha value is -0.630. The number of carbonyl (C=O) groups is 1. The van der Waals surface area contributed by atoms with E-state index in [4.69, 9.17) is 20.4 Å². The third kappa shape index (κ3) is 44.8. The molecule has 0 fully saturated rings. The SMILES string of the molecule is CC(O)C(=O)[O-].O=[N+]([O-])[O-].[Ag]. The van der Waals surface area contributed by atoms with Gasteiger partial charge in [0, 0.05) is 22.4 Å². The van der Waals surface area contributed by atoms with Gasteiger partial charge in [0.25, 0.3) is 0 Å². The van der Waals surface area contributed by atoms with Crippen LogP contribution in [0.5, 0.6) is 0 Å². The normalized spacial score (nSPS) is 9.64. The van der Waals surface area contributed by atoms with Crippen LogP contribution >= 0.6 is 0 Å². The second-order valence-electron chi connectivity index (χ2n) is 1.22. The summed E-state index contributed by atoms with van der Waals surface area (Å²) in [6.45, 7) is 1.13. The van der Waals surface area contributed by atoms with Crippen LogP contribution in [0.3, 0.4) is 0 Å². The minimum atomic E-state index is -1.75. The van der Waals surface area contributed by atoms with E-state index in [2.05, 4.69) is 0 Å². The van der Waals surface area contributed by atoms with Gasteiger partial charge >= 0.3 is 0 Å². The molecule has 0 saturated heterocycles. The van der Waals surface area contributed by atoms with Crippen LogP contribution in [0.2, 0.25) is 0 Å². The zero-order chi connectivity index (χ0) is 8.73. The second kappa shape index (κ2) is 9.37. The second-order valence-corrected chi connectivity index (χ2v) is 1.22. The molecule has 0 heterocycles. The topological polar surface area (TPSA) is 127 Å². The molecule has 1 unspecified atom stereocenters. The van der Waals surface area contributed by atoms with Crippen molar-refractivity contribution in [1.29, 1.82) is 0 Å². The number of aliphatic hydroxyl groups is 1. The maximum atomic E-state index is 9.34. The summed E-state index contributed by atoms with van der Waals surface area (Å²) in [6.07, 6.45) is -1.34. The number of carbonyl (C=O) groups excluding carboxylic acids is 1. The first-order valence-corrected chi connectivity index (χ1v) is 2.08. The first-order chi connectivity index (χ1) is 4.37. The number of rotatable bonds is 1. The summed E-state index contributed by atoms with van der Waals surface area (Å²) >= 11 is 0. The summed E-state index contributed by atoms with van der Waals surface area (Å²) in [5.74, 6) is -1.44. The van der Waals surface area contributed by atoms with Gasteiger partial charge in [-0.3, -0.25) is 0 Å². The largest absolute Gasteiger partial charge is 0.547 e. The Morgan fingerprint density at radius 2 is 1.64 bits per heavy atom. The Morgan fingerprint density at radius 3 is 1.64 bits per heavy atom. The number of hydrogen-bond donors (Lipinski definition) is 1. The number of aliphatic hydroxyl groups excluding tert-OH is 1. The average Bonchev–Trinajstić information content (AvgIpc) is 1.63. The van der Waals surface area contributed by atoms with Crippen molar-refractivity contribution in [3.63, 3.8) is 0 Å². The summed E-state index contributed by atoms with van der Waals surface area (Å²) in [7, 11) is 0. The summed E-state index contributed by atoms with van der Waals surface area (Å²) in [5.41, 5.74) is 0. The molecule has 0 amide bonds. The summed E-state index contributed by atoms with van der Waals surface area (Å²) in [5, 5.41) is 32.1. The van der Waals surface area contributed by atoms with Gasteiger partial charge in [-0.2, -0.15) is 0 Å². The van der Waals surface area contributed by atoms with Crippen molar-refractivity contribution >= 4 is 5.97 Å². The molecule has 1 radical (unpaired) electrons. The molecule has 0 saturated carbocycles. The van der Waals surface area contributed by atoms with E-state index < -0.39 is 17.2 Å². The van der Waals surface area contributed by atoms with Gasteiger partial charge in [0.15, 0.2) is 0 Å². The smallest absolute Gasteiger partial charge is 0.0905 e. The van der Waals surface area contributed by atoms with Gasteiger partial charge in [-0.15, -0.1) is 0 Å². The van der Waals surface area contributed by atoms with Crippen molar-refractivity contribution in [3.05, 3.63) is 15.3 Å². The quantitative estimate of drug-likeness (QED) is 0.325. The number of nitrogens with zero attached hydrogens (tertiary/aromatic N) is 1. The summed E-state index contributed by atoms with van der Waals surface area (Å²) < 4.78 is 0. The zero-order valence-electron chi connectivity index (χ0n) is 5.31. The fourth-order valence-corrected chi connectivity index (χ4v) is 0. The molecule has 0 rings (SSSR count). The molecule has 0 aliphatic rings. The molecule has 11 heavy (non-hydrogen) atoms. The maximum absolute atomic E-state index is 9.34. The van der Waals surface area contributed by atoms with Crippen molar-refractivity contribution < 1.29 is 42.5 Å². The number of aliphatic carboxylic acids is 1. The third-order valence-corrected chi connectivity index (χ3v) is 0.341. The zero-order valence-corrected chi connectivity index (χ0v) is 6.80. The molecular weight excluding hydrogens is 254 g/mol. The van der Waals surface area contributed by atoms with E-state index in [1.807, 2.05) is 0 Å². The van der Waals surface area contributed by atoms with Crippen molar-refractivity contribution in [2.75, 3.05) is 0 Å². The van der Waals surface area contributed by atoms with Crippen LogP contribution in [0.4, 0.5) is 0 Å². The first kappa shape index (κ1) is 16.8. The van der Waals surface area contributed by atoms with Crippen LogP contribution in [-0.4, -0.2) is 22.3 Å². The first-order valence-electron chi connectivity index (χ1n) is 2.08. The van der Waals surface area contributed by atoms with Gasteiger partial charge in [0.2, 0.25) is 0 Å². The summed E-state index contributed by atoms with van der Waals surface area (Å²) in [6, 6.07) is 0. The molecule has 1 atom stereocenters. The van der Waals surface area contributed by atoms with Crippen LogP contribution < -0.4 is 5.11 Å². The summed E-state index contributed by atoms with van der Waals surface area (Å²) in [4.78, 5) is 17.6. The molecule has 8 heteroatoms. The molecule has 71 valence electrons. The minimum Gasteiger partial charge on any atom is -0.547 e. The molecule has 0 aromatic heterocycles. The Balaban J connectivity index is -0.000000114.